The standard InChI is InChI=1S/C11H11IN2O/c1-14-6-5-10(13-14)8-15-11-4-2-3-9(12)7-11/h2-7H,8H2,1H3. The molecule has 1 aromatic carbocycles. The lowest BCUT2D eigenvalue weighted by Crippen LogP contribution is -1.97. The lowest BCUT2D eigenvalue weighted by molar-refractivity contribution is 0.300. The van der Waals surface area contributed by atoms with Gasteiger partial charge in [0.05, 0.1) is 5.69 Å². The van der Waals surface area contributed by atoms with E-state index in [-0.39, 0.29) is 0 Å². The Morgan fingerprint density at radius 1 is 1.40 bits per heavy atom. The molecule has 2 aromatic rings. The third-order valence-electron chi connectivity index (χ3n) is 1.95. The van der Waals surface area contributed by atoms with Gasteiger partial charge in [-0.3, -0.25) is 4.68 Å². The Bertz CT molecular complexity index is 453. The molecule has 0 saturated carbocycles. The molecule has 0 spiro atoms. The monoisotopic (exact) mass is 314 g/mol. The number of benzene rings is 1. The number of aromatic nitrogens is 2. The van der Waals surface area contributed by atoms with Gasteiger partial charge >= 0.3 is 0 Å². The SMILES string of the molecule is Cn1ccc(COc2cccc(I)c2)n1. The molecule has 15 heavy (non-hydrogen) atoms. The molecule has 0 bridgehead atoms. The van der Waals surface area contributed by atoms with Crippen LogP contribution >= 0.6 is 22.6 Å². The van der Waals surface area contributed by atoms with Gasteiger partial charge in [0.15, 0.2) is 0 Å². The maximum absolute atomic E-state index is 5.61. The molecule has 2 rings (SSSR count). The van der Waals surface area contributed by atoms with Crippen LogP contribution in [0, 0.1) is 3.57 Å². The summed E-state index contributed by atoms with van der Waals surface area (Å²) in [6.45, 7) is 0.515. The lowest BCUT2D eigenvalue weighted by atomic mass is 10.3. The molecule has 0 radical (unpaired) electrons. The number of halogens is 1. The Balaban J connectivity index is 1.99. The number of hydrogen-bond acceptors (Lipinski definition) is 2. The Morgan fingerprint density at radius 2 is 2.27 bits per heavy atom. The summed E-state index contributed by atoms with van der Waals surface area (Å²) in [6, 6.07) is 9.92. The van der Waals surface area contributed by atoms with Crippen LogP contribution in [0.2, 0.25) is 0 Å². The Hall–Kier alpha value is -1.04. The van der Waals surface area contributed by atoms with Gasteiger partial charge in [-0.05, 0) is 46.9 Å². The predicted octanol–water partition coefficient (Wildman–Crippen LogP) is 2.60. The predicted molar refractivity (Wildman–Crippen MR) is 66.7 cm³/mol. The van der Waals surface area contributed by atoms with Gasteiger partial charge in [0.1, 0.15) is 12.4 Å². The highest BCUT2D eigenvalue weighted by atomic mass is 127. The van der Waals surface area contributed by atoms with Gasteiger partial charge in [-0.2, -0.15) is 5.10 Å². The minimum Gasteiger partial charge on any atom is -0.487 e. The highest BCUT2D eigenvalue weighted by Crippen LogP contribution is 2.15. The van der Waals surface area contributed by atoms with Gasteiger partial charge < -0.3 is 4.74 Å². The number of aryl methyl sites for hydroxylation is 1. The molecule has 0 unspecified atom stereocenters. The number of nitrogens with zero attached hydrogens (tertiary/aromatic N) is 2. The van der Waals surface area contributed by atoms with Gasteiger partial charge in [0, 0.05) is 16.8 Å². The van der Waals surface area contributed by atoms with Gasteiger partial charge in [-0.1, -0.05) is 6.07 Å². The Morgan fingerprint density at radius 3 is 2.93 bits per heavy atom. The van der Waals surface area contributed by atoms with Crippen molar-refractivity contribution >= 4 is 22.6 Å². The van der Waals surface area contributed by atoms with Crippen LogP contribution in [0.4, 0.5) is 0 Å². The summed E-state index contributed by atoms with van der Waals surface area (Å²) >= 11 is 2.26. The summed E-state index contributed by atoms with van der Waals surface area (Å²) in [5, 5.41) is 4.24. The molecule has 0 aliphatic rings. The van der Waals surface area contributed by atoms with Gasteiger partial charge in [-0.25, -0.2) is 0 Å². The maximum Gasteiger partial charge on any atom is 0.132 e. The van der Waals surface area contributed by atoms with E-state index in [4.69, 9.17) is 4.74 Å². The number of hydrogen-bond donors (Lipinski definition) is 0. The molecule has 0 N–H and O–H groups in total. The molecule has 4 heteroatoms. The van der Waals surface area contributed by atoms with Crippen LogP contribution in [0.3, 0.4) is 0 Å². The van der Waals surface area contributed by atoms with E-state index in [0.717, 1.165) is 11.4 Å². The zero-order chi connectivity index (χ0) is 10.7. The average molecular weight is 314 g/mol. The largest absolute Gasteiger partial charge is 0.487 e. The molecule has 1 aromatic heterocycles. The summed E-state index contributed by atoms with van der Waals surface area (Å²) in [5.74, 6) is 0.882. The molecule has 0 fully saturated rings. The highest BCUT2D eigenvalue weighted by Gasteiger charge is 1.98. The Kier molecular flexibility index (Phi) is 3.25. The molecule has 3 nitrogen and oxygen atoms in total. The smallest absolute Gasteiger partial charge is 0.132 e. The van der Waals surface area contributed by atoms with E-state index in [2.05, 4.69) is 27.7 Å². The zero-order valence-electron chi connectivity index (χ0n) is 8.35. The number of rotatable bonds is 3. The molecule has 0 aliphatic heterocycles. The van der Waals surface area contributed by atoms with Gasteiger partial charge in [0.2, 0.25) is 0 Å². The fourth-order valence-electron chi connectivity index (χ4n) is 1.25. The van der Waals surface area contributed by atoms with E-state index in [1.54, 1.807) is 4.68 Å². The molecular weight excluding hydrogens is 303 g/mol. The van der Waals surface area contributed by atoms with Crippen LogP contribution in [-0.4, -0.2) is 9.78 Å². The van der Waals surface area contributed by atoms with Crippen molar-refractivity contribution in [1.82, 2.24) is 9.78 Å². The normalized spacial score (nSPS) is 10.3. The number of ether oxygens (including phenoxy) is 1. The molecule has 0 amide bonds. The Labute approximate surface area is 102 Å². The van der Waals surface area contributed by atoms with Crippen LogP contribution in [0.1, 0.15) is 5.69 Å². The van der Waals surface area contributed by atoms with Crippen molar-refractivity contribution in [2.75, 3.05) is 0 Å². The molecule has 0 saturated heterocycles. The first kappa shape index (κ1) is 10.5. The first-order valence-corrected chi connectivity index (χ1v) is 5.69. The van der Waals surface area contributed by atoms with Crippen molar-refractivity contribution in [3.63, 3.8) is 0 Å². The topological polar surface area (TPSA) is 27.1 Å². The zero-order valence-corrected chi connectivity index (χ0v) is 10.5. The summed E-state index contributed by atoms with van der Waals surface area (Å²) in [6.07, 6.45) is 1.91. The molecule has 1 heterocycles. The van der Waals surface area contributed by atoms with Crippen molar-refractivity contribution < 1.29 is 4.74 Å². The van der Waals surface area contributed by atoms with E-state index in [9.17, 15) is 0 Å². The third kappa shape index (κ3) is 2.95. The fourth-order valence-corrected chi connectivity index (χ4v) is 1.77. The summed E-state index contributed by atoms with van der Waals surface area (Å²) in [4.78, 5) is 0. The van der Waals surface area contributed by atoms with Crippen LogP contribution in [0.5, 0.6) is 5.75 Å². The molecule has 0 atom stereocenters. The van der Waals surface area contributed by atoms with Gasteiger partial charge in [0.25, 0.3) is 0 Å². The quantitative estimate of drug-likeness (QED) is 0.814. The van der Waals surface area contributed by atoms with Crippen LogP contribution in [0.25, 0.3) is 0 Å². The van der Waals surface area contributed by atoms with Crippen molar-refractivity contribution in [3.8, 4) is 5.75 Å². The van der Waals surface area contributed by atoms with Crippen molar-refractivity contribution in [2.45, 2.75) is 6.61 Å². The maximum atomic E-state index is 5.61. The van der Waals surface area contributed by atoms with Crippen LogP contribution < -0.4 is 4.74 Å². The molecule has 78 valence electrons. The second-order valence-corrected chi connectivity index (χ2v) is 4.47. The van der Waals surface area contributed by atoms with Crippen molar-refractivity contribution in [1.29, 1.82) is 0 Å². The lowest BCUT2D eigenvalue weighted by Gasteiger charge is -2.03. The molecular formula is C11H11IN2O. The van der Waals surface area contributed by atoms with E-state index < -0.39 is 0 Å². The van der Waals surface area contributed by atoms with Crippen LogP contribution in [0.15, 0.2) is 36.5 Å². The van der Waals surface area contributed by atoms with E-state index in [1.165, 1.54) is 3.57 Å². The summed E-state index contributed by atoms with van der Waals surface area (Å²) in [7, 11) is 1.90. The van der Waals surface area contributed by atoms with Gasteiger partial charge in [-0.15, -0.1) is 0 Å². The van der Waals surface area contributed by atoms with Crippen LogP contribution in [-0.2, 0) is 13.7 Å². The average Bonchev–Trinajstić information content (AvgIpc) is 2.62. The minimum absolute atomic E-state index is 0.515. The summed E-state index contributed by atoms with van der Waals surface area (Å²) < 4.78 is 8.55. The third-order valence-corrected chi connectivity index (χ3v) is 2.62. The van der Waals surface area contributed by atoms with E-state index in [1.807, 2.05) is 43.6 Å². The van der Waals surface area contributed by atoms with Crippen molar-refractivity contribution in [3.05, 3.63) is 45.8 Å². The van der Waals surface area contributed by atoms with Crippen molar-refractivity contribution in [2.24, 2.45) is 7.05 Å². The van der Waals surface area contributed by atoms with E-state index in [0.29, 0.717) is 6.61 Å². The first-order valence-electron chi connectivity index (χ1n) is 4.61. The summed E-state index contributed by atoms with van der Waals surface area (Å²) in [5.41, 5.74) is 0.941. The second kappa shape index (κ2) is 4.65. The molecule has 0 aliphatic carbocycles. The minimum atomic E-state index is 0.515. The highest BCUT2D eigenvalue weighted by molar-refractivity contribution is 14.1. The fraction of sp³-hybridized carbons (Fsp3) is 0.182. The second-order valence-electron chi connectivity index (χ2n) is 3.23. The van der Waals surface area contributed by atoms with E-state index >= 15 is 0 Å². The first-order chi connectivity index (χ1) is 7.24.